The minimum atomic E-state index is 0.333. The van der Waals surface area contributed by atoms with E-state index in [9.17, 15) is 0 Å². The summed E-state index contributed by atoms with van der Waals surface area (Å²) in [6, 6.07) is 6.22. The Morgan fingerprint density at radius 1 is 1.20 bits per heavy atom. The van der Waals surface area contributed by atoms with Gasteiger partial charge < -0.3 is 9.47 Å². The van der Waals surface area contributed by atoms with E-state index < -0.39 is 0 Å². The highest BCUT2D eigenvalue weighted by Crippen LogP contribution is 2.24. The van der Waals surface area contributed by atoms with E-state index in [0.717, 1.165) is 31.8 Å². The first-order valence-corrected chi connectivity index (χ1v) is 5.58. The van der Waals surface area contributed by atoms with E-state index in [1.165, 1.54) is 11.1 Å². The average molecular weight is 206 g/mol. The predicted molar refractivity (Wildman–Crippen MR) is 60.4 cm³/mol. The smallest absolute Gasteiger partial charge is 0.122 e. The molecule has 0 atom stereocenters. The van der Waals surface area contributed by atoms with E-state index in [4.69, 9.17) is 9.47 Å². The molecule has 1 aromatic rings. The number of hydrogen-bond acceptors (Lipinski definition) is 2. The maximum atomic E-state index is 5.99. The quantitative estimate of drug-likeness (QED) is 0.740. The Morgan fingerprint density at radius 2 is 1.93 bits per heavy atom. The lowest BCUT2D eigenvalue weighted by atomic mass is 10.1. The number of ether oxygens (including phenoxy) is 2. The van der Waals surface area contributed by atoms with Gasteiger partial charge >= 0.3 is 0 Å². The van der Waals surface area contributed by atoms with Gasteiger partial charge in [-0.2, -0.15) is 0 Å². The molecule has 82 valence electrons. The molecule has 1 aromatic carbocycles. The van der Waals surface area contributed by atoms with Gasteiger partial charge in [-0.1, -0.05) is 12.1 Å². The maximum Gasteiger partial charge on any atom is 0.122 e. The van der Waals surface area contributed by atoms with E-state index in [1.807, 2.05) is 0 Å². The van der Waals surface area contributed by atoms with Gasteiger partial charge in [0.2, 0.25) is 0 Å². The van der Waals surface area contributed by atoms with Crippen molar-refractivity contribution in [1.29, 1.82) is 0 Å². The third kappa shape index (κ3) is 2.51. The lowest BCUT2D eigenvalue weighted by Crippen LogP contribution is -2.26. The van der Waals surface area contributed by atoms with E-state index in [2.05, 4.69) is 32.0 Å². The number of hydrogen-bond donors (Lipinski definition) is 0. The molecular weight excluding hydrogens is 188 g/mol. The molecule has 2 heteroatoms. The summed E-state index contributed by atoms with van der Waals surface area (Å²) in [6.45, 7) is 5.89. The van der Waals surface area contributed by atoms with Gasteiger partial charge in [0.05, 0.1) is 13.2 Å². The van der Waals surface area contributed by atoms with Gasteiger partial charge in [-0.3, -0.25) is 0 Å². The van der Waals surface area contributed by atoms with Crippen LogP contribution in [0.25, 0.3) is 0 Å². The SMILES string of the molecule is Cc1cccc(OC2CCOCC2)c1C. The molecule has 0 aromatic heterocycles. The Labute approximate surface area is 91.2 Å². The average Bonchev–Trinajstić information content (AvgIpc) is 2.26. The van der Waals surface area contributed by atoms with Crippen molar-refractivity contribution in [3.05, 3.63) is 29.3 Å². The highest BCUT2D eigenvalue weighted by atomic mass is 16.5. The molecule has 2 rings (SSSR count). The molecule has 0 saturated carbocycles. The molecule has 0 aliphatic carbocycles. The van der Waals surface area contributed by atoms with Crippen molar-refractivity contribution in [2.75, 3.05) is 13.2 Å². The highest BCUT2D eigenvalue weighted by Gasteiger charge is 2.16. The van der Waals surface area contributed by atoms with Crippen LogP contribution in [0.3, 0.4) is 0 Å². The second-order valence-corrected chi connectivity index (χ2v) is 4.13. The summed E-state index contributed by atoms with van der Waals surface area (Å²) < 4.78 is 11.3. The fourth-order valence-corrected chi connectivity index (χ4v) is 1.83. The zero-order chi connectivity index (χ0) is 10.7. The Morgan fingerprint density at radius 3 is 2.67 bits per heavy atom. The van der Waals surface area contributed by atoms with Gasteiger partial charge in [0, 0.05) is 12.8 Å². The minimum absolute atomic E-state index is 0.333. The predicted octanol–water partition coefficient (Wildman–Crippen LogP) is 2.86. The highest BCUT2D eigenvalue weighted by molar-refractivity contribution is 5.38. The molecular formula is C13H18O2. The van der Waals surface area contributed by atoms with Gasteiger partial charge in [0.15, 0.2) is 0 Å². The Hall–Kier alpha value is -1.02. The zero-order valence-electron chi connectivity index (χ0n) is 9.45. The molecule has 0 radical (unpaired) electrons. The van der Waals surface area contributed by atoms with Crippen LogP contribution in [0.1, 0.15) is 24.0 Å². The van der Waals surface area contributed by atoms with E-state index in [-0.39, 0.29) is 0 Å². The number of aryl methyl sites for hydroxylation is 1. The van der Waals surface area contributed by atoms with Crippen LogP contribution in [0.15, 0.2) is 18.2 Å². The van der Waals surface area contributed by atoms with Crippen LogP contribution < -0.4 is 4.74 Å². The standard InChI is InChI=1S/C13H18O2/c1-10-4-3-5-13(11(10)2)15-12-6-8-14-9-7-12/h3-5,12H,6-9H2,1-2H3. The summed E-state index contributed by atoms with van der Waals surface area (Å²) in [4.78, 5) is 0. The summed E-state index contributed by atoms with van der Waals surface area (Å²) in [7, 11) is 0. The van der Waals surface area contributed by atoms with Crippen molar-refractivity contribution in [2.24, 2.45) is 0 Å². The normalized spacial score (nSPS) is 17.7. The topological polar surface area (TPSA) is 18.5 Å². The second-order valence-electron chi connectivity index (χ2n) is 4.13. The zero-order valence-corrected chi connectivity index (χ0v) is 9.45. The first kappa shape index (κ1) is 10.5. The Balaban J connectivity index is 2.06. The molecule has 1 saturated heterocycles. The third-order valence-corrected chi connectivity index (χ3v) is 3.02. The molecule has 2 nitrogen and oxygen atoms in total. The summed E-state index contributed by atoms with van der Waals surface area (Å²) in [5.74, 6) is 1.03. The van der Waals surface area contributed by atoms with Crippen molar-refractivity contribution in [3.63, 3.8) is 0 Å². The van der Waals surface area contributed by atoms with Gasteiger partial charge in [-0.05, 0) is 31.0 Å². The van der Waals surface area contributed by atoms with Crippen molar-refractivity contribution in [3.8, 4) is 5.75 Å². The molecule has 1 fully saturated rings. The second kappa shape index (κ2) is 4.67. The van der Waals surface area contributed by atoms with Crippen LogP contribution in [-0.4, -0.2) is 19.3 Å². The molecule has 0 N–H and O–H groups in total. The maximum absolute atomic E-state index is 5.99. The van der Waals surface area contributed by atoms with Crippen molar-refractivity contribution >= 4 is 0 Å². The molecule has 0 amide bonds. The number of rotatable bonds is 2. The molecule has 15 heavy (non-hydrogen) atoms. The third-order valence-electron chi connectivity index (χ3n) is 3.02. The molecule has 0 spiro atoms. The Kier molecular flexibility index (Phi) is 3.27. The summed E-state index contributed by atoms with van der Waals surface area (Å²) in [6.07, 6.45) is 2.35. The fourth-order valence-electron chi connectivity index (χ4n) is 1.83. The largest absolute Gasteiger partial charge is 0.490 e. The van der Waals surface area contributed by atoms with Gasteiger partial charge in [-0.15, -0.1) is 0 Å². The summed E-state index contributed by atoms with van der Waals surface area (Å²) in [5, 5.41) is 0. The number of benzene rings is 1. The van der Waals surface area contributed by atoms with E-state index >= 15 is 0 Å². The van der Waals surface area contributed by atoms with Crippen LogP contribution in [-0.2, 0) is 4.74 Å². The molecule has 1 heterocycles. The van der Waals surface area contributed by atoms with Crippen LogP contribution in [0.2, 0.25) is 0 Å². The van der Waals surface area contributed by atoms with E-state index in [0.29, 0.717) is 6.10 Å². The summed E-state index contributed by atoms with van der Waals surface area (Å²) >= 11 is 0. The minimum Gasteiger partial charge on any atom is -0.490 e. The van der Waals surface area contributed by atoms with Gasteiger partial charge in [0.25, 0.3) is 0 Å². The van der Waals surface area contributed by atoms with Crippen molar-refractivity contribution in [2.45, 2.75) is 32.8 Å². The lowest BCUT2D eigenvalue weighted by Gasteiger charge is -2.24. The fraction of sp³-hybridized carbons (Fsp3) is 0.538. The van der Waals surface area contributed by atoms with Crippen LogP contribution >= 0.6 is 0 Å². The molecule has 1 aliphatic rings. The van der Waals surface area contributed by atoms with Crippen LogP contribution in [0.5, 0.6) is 5.75 Å². The molecule has 0 unspecified atom stereocenters. The molecule has 0 bridgehead atoms. The van der Waals surface area contributed by atoms with Crippen LogP contribution in [0, 0.1) is 13.8 Å². The van der Waals surface area contributed by atoms with Crippen molar-refractivity contribution < 1.29 is 9.47 Å². The van der Waals surface area contributed by atoms with Gasteiger partial charge in [0.1, 0.15) is 11.9 Å². The first-order chi connectivity index (χ1) is 7.27. The molecule has 1 aliphatic heterocycles. The van der Waals surface area contributed by atoms with E-state index in [1.54, 1.807) is 0 Å². The summed E-state index contributed by atoms with van der Waals surface area (Å²) in [5.41, 5.74) is 2.54. The van der Waals surface area contributed by atoms with Crippen LogP contribution in [0.4, 0.5) is 0 Å². The van der Waals surface area contributed by atoms with Gasteiger partial charge in [-0.25, -0.2) is 0 Å². The monoisotopic (exact) mass is 206 g/mol. The lowest BCUT2D eigenvalue weighted by molar-refractivity contribution is 0.0253. The Bertz CT molecular complexity index is 327. The van der Waals surface area contributed by atoms with Crippen molar-refractivity contribution in [1.82, 2.24) is 0 Å². The first-order valence-electron chi connectivity index (χ1n) is 5.58.